The number of hydrogen-bond donors (Lipinski definition) is 1. The number of aromatic nitrogens is 1. The van der Waals surface area contributed by atoms with Crippen LogP contribution < -0.4 is 0 Å². The maximum absolute atomic E-state index is 10.7. The Morgan fingerprint density at radius 2 is 2.53 bits per heavy atom. The van der Waals surface area contributed by atoms with Gasteiger partial charge in [0.25, 0.3) is 0 Å². The van der Waals surface area contributed by atoms with Crippen molar-refractivity contribution in [1.29, 1.82) is 0 Å². The van der Waals surface area contributed by atoms with Crippen molar-refractivity contribution in [2.45, 2.75) is 19.3 Å². The summed E-state index contributed by atoms with van der Waals surface area (Å²) >= 11 is 3.31. The van der Waals surface area contributed by atoms with Gasteiger partial charge in [-0.3, -0.25) is 0 Å². The number of hydrogen-bond acceptors (Lipinski definition) is 4. The van der Waals surface area contributed by atoms with Crippen molar-refractivity contribution in [2.75, 3.05) is 11.5 Å². The first-order valence-corrected chi connectivity index (χ1v) is 6.98. The molecule has 1 fully saturated rings. The second-order valence-electron chi connectivity index (χ2n) is 3.71. The number of rotatable bonds is 3. The third-order valence-electron chi connectivity index (χ3n) is 2.48. The fourth-order valence-electron chi connectivity index (χ4n) is 1.72. The Labute approximate surface area is 96.9 Å². The maximum Gasteiger partial charge on any atom is 0.347 e. The summed E-state index contributed by atoms with van der Waals surface area (Å²) in [6.07, 6.45) is 4.96. The SMILES string of the molecule is O=C(O)c1cnc(CC2CCCSC2)s1. The molecule has 15 heavy (non-hydrogen) atoms. The second kappa shape index (κ2) is 4.99. The third-order valence-corrected chi connectivity index (χ3v) is 4.77. The molecule has 0 bridgehead atoms. The lowest BCUT2D eigenvalue weighted by Crippen LogP contribution is -2.12. The molecule has 0 spiro atoms. The van der Waals surface area contributed by atoms with Gasteiger partial charge in [-0.25, -0.2) is 9.78 Å². The molecule has 1 aliphatic rings. The minimum Gasteiger partial charge on any atom is -0.477 e. The molecule has 0 aromatic carbocycles. The van der Waals surface area contributed by atoms with Crippen LogP contribution in [-0.4, -0.2) is 27.6 Å². The number of carbonyl (C=O) groups is 1. The summed E-state index contributed by atoms with van der Waals surface area (Å²) in [7, 11) is 0. The molecular formula is C10H13NO2S2. The number of thioether (sulfide) groups is 1. The van der Waals surface area contributed by atoms with E-state index in [9.17, 15) is 4.79 Å². The summed E-state index contributed by atoms with van der Waals surface area (Å²) < 4.78 is 0. The number of aromatic carboxylic acids is 1. The highest BCUT2D eigenvalue weighted by atomic mass is 32.2. The molecule has 0 aliphatic carbocycles. The molecular weight excluding hydrogens is 230 g/mol. The normalized spacial score (nSPS) is 21.5. The van der Waals surface area contributed by atoms with Crippen LogP contribution in [0.3, 0.4) is 0 Å². The van der Waals surface area contributed by atoms with Crippen molar-refractivity contribution >= 4 is 29.1 Å². The lowest BCUT2D eigenvalue weighted by Gasteiger charge is -2.19. The van der Waals surface area contributed by atoms with E-state index in [1.54, 1.807) is 0 Å². The Morgan fingerprint density at radius 3 is 3.13 bits per heavy atom. The molecule has 5 heteroatoms. The summed E-state index contributed by atoms with van der Waals surface area (Å²) in [4.78, 5) is 15.2. The van der Waals surface area contributed by atoms with E-state index >= 15 is 0 Å². The van der Waals surface area contributed by atoms with Crippen LogP contribution in [-0.2, 0) is 6.42 Å². The van der Waals surface area contributed by atoms with E-state index < -0.39 is 5.97 Å². The van der Waals surface area contributed by atoms with Crippen LogP contribution in [0.1, 0.15) is 27.5 Å². The molecule has 82 valence electrons. The smallest absolute Gasteiger partial charge is 0.347 e. The molecule has 3 nitrogen and oxygen atoms in total. The second-order valence-corrected chi connectivity index (χ2v) is 5.98. The number of carboxylic acids is 1. The van der Waals surface area contributed by atoms with E-state index in [1.165, 1.54) is 41.9 Å². The number of carboxylic acid groups (broad SMARTS) is 1. The standard InChI is InChI=1S/C10H13NO2S2/c12-10(13)8-5-11-9(15-8)4-7-2-1-3-14-6-7/h5,7H,1-4,6H2,(H,12,13). The number of nitrogens with zero attached hydrogens (tertiary/aromatic N) is 1. The van der Waals surface area contributed by atoms with Crippen LogP contribution in [0, 0.1) is 5.92 Å². The highest BCUT2D eigenvalue weighted by molar-refractivity contribution is 7.99. The molecule has 0 radical (unpaired) electrons. The van der Waals surface area contributed by atoms with Crippen LogP contribution in [0.4, 0.5) is 0 Å². The van der Waals surface area contributed by atoms with E-state index in [1.807, 2.05) is 11.8 Å². The van der Waals surface area contributed by atoms with Crippen LogP contribution in [0.15, 0.2) is 6.20 Å². The first-order valence-electron chi connectivity index (χ1n) is 5.01. The molecule has 1 aromatic heterocycles. The molecule has 1 atom stereocenters. The van der Waals surface area contributed by atoms with Gasteiger partial charge in [-0.15, -0.1) is 11.3 Å². The van der Waals surface area contributed by atoms with Gasteiger partial charge in [-0.2, -0.15) is 11.8 Å². The Balaban J connectivity index is 1.94. The molecule has 1 N–H and O–H groups in total. The van der Waals surface area contributed by atoms with Crippen molar-refractivity contribution in [3.63, 3.8) is 0 Å². The van der Waals surface area contributed by atoms with Gasteiger partial charge in [0, 0.05) is 6.42 Å². The van der Waals surface area contributed by atoms with Crippen LogP contribution in [0.25, 0.3) is 0 Å². The van der Waals surface area contributed by atoms with Crippen molar-refractivity contribution in [3.8, 4) is 0 Å². The fraction of sp³-hybridized carbons (Fsp3) is 0.600. The summed E-state index contributed by atoms with van der Waals surface area (Å²) in [6.45, 7) is 0. The predicted octanol–water partition coefficient (Wildman–Crippen LogP) is 2.53. The third kappa shape index (κ3) is 2.95. The van der Waals surface area contributed by atoms with Gasteiger partial charge in [0.15, 0.2) is 0 Å². The lowest BCUT2D eigenvalue weighted by atomic mass is 10.0. The van der Waals surface area contributed by atoms with Crippen LogP contribution in [0.2, 0.25) is 0 Å². The molecule has 1 unspecified atom stereocenters. The zero-order chi connectivity index (χ0) is 10.7. The molecule has 1 aliphatic heterocycles. The van der Waals surface area contributed by atoms with Gasteiger partial charge in [0.2, 0.25) is 0 Å². The van der Waals surface area contributed by atoms with Gasteiger partial charge in [0.05, 0.1) is 11.2 Å². The van der Waals surface area contributed by atoms with Crippen molar-refractivity contribution in [2.24, 2.45) is 5.92 Å². The zero-order valence-electron chi connectivity index (χ0n) is 8.31. The molecule has 0 saturated carbocycles. The van der Waals surface area contributed by atoms with Gasteiger partial charge in [0.1, 0.15) is 4.88 Å². The van der Waals surface area contributed by atoms with Crippen LogP contribution >= 0.6 is 23.1 Å². The van der Waals surface area contributed by atoms with E-state index in [0.29, 0.717) is 10.8 Å². The Morgan fingerprint density at radius 1 is 1.67 bits per heavy atom. The lowest BCUT2D eigenvalue weighted by molar-refractivity contribution is 0.0702. The van der Waals surface area contributed by atoms with Gasteiger partial charge in [-0.1, -0.05) is 0 Å². The van der Waals surface area contributed by atoms with Crippen molar-refractivity contribution in [1.82, 2.24) is 4.98 Å². The molecule has 1 saturated heterocycles. The van der Waals surface area contributed by atoms with E-state index in [0.717, 1.165) is 11.4 Å². The molecule has 1 aromatic rings. The van der Waals surface area contributed by atoms with Crippen molar-refractivity contribution < 1.29 is 9.90 Å². The highest BCUT2D eigenvalue weighted by Gasteiger charge is 2.17. The zero-order valence-corrected chi connectivity index (χ0v) is 9.94. The van der Waals surface area contributed by atoms with Gasteiger partial charge >= 0.3 is 5.97 Å². The highest BCUT2D eigenvalue weighted by Crippen LogP contribution is 2.27. The molecule has 2 rings (SSSR count). The number of thiazole rings is 1. The predicted molar refractivity (Wildman–Crippen MR) is 62.8 cm³/mol. The summed E-state index contributed by atoms with van der Waals surface area (Å²) in [5.74, 6) is 2.30. The Bertz CT molecular complexity index is 345. The van der Waals surface area contributed by atoms with E-state index in [-0.39, 0.29) is 0 Å². The molecule has 2 heterocycles. The average molecular weight is 243 g/mol. The summed E-state index contributed by atoms with van der Waals surface area (Å²) in [5, 5.41) is 9.74. The van der Waals surface area contributed by atoms with Crippen molar-refractivity contribution in [3.05, 3.63) is 16.1 Å². The van der Waals surface area contributed by atoms with E-state index in [4.69, 9.17) is 5.11 Å². The largest absolute Gasteiger partial charge is 0.477 e. The first-order chi connectivity index (χ1) is 7.25. The summed E-state index contributed by atoms with van der Waals surface area (Å²) in [5.41, 5.74) is 0. The minimum atomic E-state index is -0.864. The Kier molecular flexibility index (Phi) is 3.64. The van der Waals surface area contributed by atoms with Gasteiger partial charge < -0.3 is 5.11 Å². The Hall–Kier alpha value is -0.550. The first kappa shape index (κ1) is 11.0. The van der Waals surface area contributed by atoms with E-state index in [2.05, 4.69) is 4.98 Å². The average Bonchev–Trinajstić information content (AvgIpc) is 2.68. The monoisotopic (exact) mass is 243 g/mol. The van der Waals surface area contributed by atoms with Crippen LogP contribution in [0.5, 0.6) is 0 Å². The molecule has 0 amide bonds. The topological polar surface area (TPSA) is 50.2 Å². The van der Waals surface area contributed by atoms with Gasteiger partial charge in [-0.05, 0) is 30.3 Å². The summed E-state index contributed by atoms with van der Waals surface area (Å²) in [6, 6.07) is 0. The quantitative estimate of drug-likeness (QED) is 0.886. The maximum atomic E-state index is 10.7. The minimum absolute atomic E-state index is 0.355. The fourth-order valence-corrected chi connectivity index (χ4v) is 3.75.